The number of methoxy groups -OCH3 is 1. The van der Waals surface area contributed by atoms with Gasteiger partial charge in [0.15, 0.2) is 5.17 Å². The maximum absolute atomic E-state index is 11.6. The van der Waals surface area contributed by atoms with Crippen LogP contribution in [0, 0.1) is 5.41 Å². The van der Waals surface area contributed by atoms with E-state index in [0.29, 0.717) is 16.4 Å². The Morgan fingerprint density at radius 3 is 2.81 bits per heavy atom. The highest BCUT2D eigenvalue weighted by atomic mass is 32.2. The van der Waals surface area contributed by atoms with Crippen molar-refractivity contribution in [3.63, 3.8) is 0 Å². The summed E-state index contributed by atoms with van der Waals surface area (Å²) in [6.45, 7) is 0. The normalized spacial score (nSPS) is 16.3. The number of hydrogen-bond donors (Lipinski definition) is 2. The van der Waals surface area contributed by atoms with Gasteiger partial charge in [-0.3, -0.25) is 10.2 Å². The third kappa shape index (κ3) is 2.71. The van der Waals surface area contributed by atoms with Crippen molar-refractivity contribution in [2.24, 2.45) is 0 Å². The van der Waals surface area contributed by atoms with E-state index in [1.807, 2.05) is 30.3 Å². The van der Waals surface area contributed by atoms with Crippen molar-refractivity contribution in [1.82, 2.24) is 5.32 Å². The highest BCUT2D eigenvalue weighted by Crippen LogP contribution is 2.32. The molecule has 0 unspecified atom stereocenters. The van der Waals surface area contributed by atoms with Crippen LogP contribution in [0.1, 0.15) is 5.76 Å². The molecular formula is C15H12N2O3S. The summed E-state index contributed by atoms with van der Waals surface area (Å²) in [7, 11) is 1.61. The number of benzene rings is 1. The zero-order valence-electron chi connectivity index (χ0n) is 11.2. The number of rotatable bonds is 3. The molecule has 2 aromatic rings. The molecule has 1 aromatic carbocycles. The average Bonchev–Trinajstić information content (AvgIpc) is 3.06. The molecule has 1 aliphatic heterocycles. The molecule has 0 saturated carbocycles. The topological polar surface area (TPSA) is 75.3 Å². The lowest BCUT2D eigenvalue weighted by molar-refractivity contribution is -0.115. The molecule has 0 radical (unpaired) electrons. The number of carbonyl (C=O) groups is 1. The first kappa shape index (κ1) is 13.5. The Hall–Kier alpha value is -2.47. The predicted molar refractivity (Wildman–Crippen MR) is 82.1 cm³/mol. The maximum Gasteiger partial charge on any atom is 0.264 e. The summed E-state index contributed by atoms with van der Waals surface area (Å²) < 4.78 is 11.0. The van der Waals surface area contributed by atoms with Gasteiger partial charge in [0.05, 0.1) is 17.6 Å². The molecule has 5 nitrogen and oxygen atoms in total. The second-order valence-corrected chi connectivity index (χ2v) is 5.35. The highest BCUT2D eigenvalue weighted by molar-refractivity contribution is 8.18. The predicted octanol–water partition coefficient (Wildman–Crippen LogP) is 3.09. The van der Waals surface area contributed by atoms with Crippen molar-refractivity contribution in [1.29, 1.82) is 5.41 Å². The Labute approximate surface area is 125 Å². The standard InChI is InChI=1S/C15H12N2O3S/c1-19-11-5-3-2-4-10(11)12-7-6-9(20-12)8-13-14(18)17-15(16)21-13/h2-8H,1H3,(H2,16,17,18)/b13-8-. The number of ether oxygens (including phenoxy) is 1. The Bertz CT molecular complexity index is 749. The van der Waals surface area contributed by atoms with Crippen molar-refractivity contribution in [2.45, 2.75) is 0 Å². The number of thioether (sulfide) groups is 1. The summed E-state index contributed by atoms with van der Waals surface area (Å²) in [6, 6.07) is 11.2. The molecule has 3 rings (SSSR count). The maximum atomic E-state index is 11.6. The molecule has 106 valence electrons. The number of carbonyl (C=O) groups excluding carboxylic acids is 1. The summed E-state index contributed by atoms with van der Waals surface area (Å²) in [5.41, 5.74) is 0.848. The second kappa shape index (κ2) is 5.49. The van der Waals surface area contributed by atoms with E-state index in [-0.39, 0.29) is 11.1 Å². The smallest absolute Gasteiger partial charge is 0.264 e. The Morgan fingerprint density at radius 1 is 1.29 bits per heavy atom. The van der Waals surface area contributed by atoms with Crippen LogP contribution < -0.4 is 10.1 Å². The van der Waals surface area contributed by atoms with Gasteiger partial charge in [0, 0.05) is 6.08 Å². The zero-order valence-corrected chi connectivity index (χ0v) is 12.0. The summed E-state index contributed by atoms with van der Waals surface area (Å²) in [6.07, 6.45) is 1.63. The van der Waals surface area contributed by atoms with Gasteiger partial charge in [-0.05, 0) is 36.0 Å². The zero-order chi connectivity index (χ0) is 14.8. The van der Waals surface area contributed by atoms with Crippen LogP contribution in [0.3, 0.4) is 0 Å². The van der Waals surface area contributed by atoms with Gasteiger partial charge in [-0.2, -0.15) is 0 Å². The van der Waals surface area contributed by atoms with Gasteiger partial charge in [0.25, 0.3) is 5.91 Å². The summed E-state index contributed by atoms with van der Waals surface area (Å²) >= 11 is 1.08. The van der Waals surface area contributed by atoms with Crippen LogP contribution in [-0.4, -0.2) is 18.2 Å². The quantitative estimate of drug-likeness (QED) is 0.854. The molecule has 0 bridgehead atoms. The van der Waals surface area contributed by atoms with Gasteiger partial charge in [0.1, 0.15) is 17.3 Å². The van der Waals surface area contributed by atoms with Gasteiger partial charge in [-0.15, -0.1) is 0 Å². The van der Waals surface area contributed by atoms with E-state index in [4.69, 9.17) is 14.6 Å². The SMILES string of the molecule is COc1ccccc1-c1ccc(/C=C2\SC(=N)NC2=O)o1. The van der Waals surface area contributed by atoms with Gasteiger partial charge in [-0.1, -0.05) is 12.1 Å². The number of nitrogens with one attached hydrogen (secondary N) is 2. The van der Waals surface area contributed by atoms with Crippen molar-refractivity contribution < 1.29 is 13.9 Å². The van der Waals surface area contributed by atoms with Crippen molar-refractivity contribution in [3.05, 3.63) is 47.1 Å². The van der Waals surface area contributed by atoms with E-state index in [2.05, 4.69) is 5.32 Å². The number of amidine groups is 1. The molecule has 1 fully saturated rings. The number of para-hydroxylation sites is 1. The average molecular weight is 300 g/mol. The molecule has 1 aliphatic rings. The fourth-order valence-electron chi connectivity index (χ4n) is 1.99. The molecule has 1 saturated heterocycles. The summed E-state index contributed by atoms with van der Waals surface area (Å²) in [5.74, 6) is 1.67. The van der Waals surface area contributed by atoms with E-state index >= 15 is 0 Å². The van der Waals surface area contributed by atoms with Crippen LogP contribution in [0.15, 0.2) is 45.7 Å². The molecule has 2 heterocycles. The summed E-state index contributed by atoms with van der Waals surface area (Å²) in [5, 5.41) is 9.96. The minimum Gasteiger partial charge on any atom is -0.496 e. The lowest BCUT2D eigenvalue weighted by atomic mass is 10.1. The van der Waals surface area contributed by atoms with Crippen molar-refractivity contribution in [2.75, 3.05) is 7.11 Å². The van der Waals surface area contributed by atoms with Crippen LogP contribution in [0.25, 0.3) is 17.4 Å². The molecule has 2 N–H and O–H groups in total. The van der Waals surface area contributed by atoms with Crippen LogP contribution in [0.5, 0.6) is 5.75 Å². The Balaban J connectivity index is 1.92. The van der Waals surface area contributed by atoms with Crippen LogP contribution in [0.4, 0.5) is 0 Å². The van der Waals surface area contributed by atoms with Crippen molar-refractivity contribution in [3.8, 4) is 17.1 Å². The largest absolute Gasteiger partial charge is 0.496 e. The molecule has 1 amide bonds. The second-order valence-electron chi connectivity index (χ2n) is 4.30. The van der Waals surface area contributed by atoms with E-state index in [1.54, 1.807) is 19.3 Å². The van der Waals surface area contributed by atoms with Gasteiger partial charge in [-0.25, -0.2) is 0 Å². The fraction of sp³-hybridized carbons (Fsp3) is 0.0667. The first-order valence-corrected chi connectivity index (χ1v) is 7.01. The van der Waals surface area contributed by atoms with Gasteiger partial charge >= 0.3 is 0 Å². The first-order chi connectivity index (χ1) is 10.2. The molecule has 21 heavy (non-hydrogen) atoms. The van der Waals surface area contributed by atoms with E-state index in [0.717, 1.165) is 23.1 Å². The third-order valence-corrected chi connectivity index (χ3v) is 3.76. The van der Waals surface area contributed by atoms with Crippen LogP contribution in [-0.2, 0) is 4.79 Å². The summed E-state index contributed by atoms with van der Waals surface area (Å²) in [4.78, 5) is 12.0. The molecule has 0 atom stereocenters. The van der Waals surface area contributed by atoms with Gasteiger partial charge in [0.2, 0.25) is 0 Å². The van der Waals surface area contributed by atoms with Gasteiger partial charge < -0.3 is 14.5 Å². The van der Waals surface area contributed by atoms with Crippen molar-refractivity contribution >= 4 is 28.9 Å². The monoisotopic (exact) mass is 300 g/mol. The third-order valence-electron chi connectivity index (χ3n) is 2.94. The van der Waals surface area contributed by atoms with E-state index in [9.17, 15) is 4.79 Å². The lowest BCUT2D eigenvalue weighted by Crippen LogP contribution is -2.18. The number of furan rings is 1. The number of hydrogen-bond acceptors (Lipinski definition) is 5. The first-order valence-electron chi connectivity index (χ1n) is 6.20. The Kier molecular flexibility index (Phi) is 3.53. The lowest BCUT2D eigenvalue weighted by Gasteiger charge is -2.04. The molecule has 1 aromatic heterocycles. The number of amides is 1. The van der Waals surface area contributed by atoms with E-state index < -0.39 is 0 Å². The highest BCUT2D eigenvalue weighted by Gasteiger charge is 2.22. The minimum absolute atomic E-state index is 0.128. The van der Waals surface area contributed by atoms with Crippen LogP contribution >= 0.6 is 11.8 Å². The fourth-order valence-corrected chi connectivity index (χ4v) is 2.68. The molecule has 0 spiro atoms. The van der Waals surface area contributed by atoms with E-state index in [1.165, 1.54) is 0 Å². The molecule has 6 heteroatoms. The molecular weight excluding hydrogens is 288 g/mol. The molecule has 0 aliphatic carbocycles. The Morgan fingerprint density at radius 2 is 2.10 bits per heavy atom. The minimum atomic E-state index is -0.278. The van der Waals surface area contributed by atoms with Crippen LogP contribution in [0.2, 0.25) is 0 Å².